The lowest BCUT2D eigenvalue weighted by atomic mass is 10.2. The number of aromatic nitrogens is 1. The lowest BCUT2D eigenvalue weighted by Crippen LogP contribution is -2.23. The first kappa shape index (κ1) is 15.9. The number of furan rings is 1. The van der Waals surface area contributed by atoms with E-state index in [1.807, 2.05) is 11.8 Å². The third-order valence-corrected chi connectivity index (χ3v) is 4.60. The minimum absolute atomic E-state index is 0.154. The predicted octanol–water partition coefficient (Wildman–Crippen LogP) is 1.98. The molecule has 1 atom stereocenters. The number of ether oxygens (including phenoxy) is 1. The van der Waals surface area contributed by atoms with Crippen LogP contribution in [0.15, 0.2) is 34.9 Å². The minimum atomic E-state index is -0.222. The van der Waals surface area contributed by atoms with Gasteiger partial charge in [-0.15, -0.1) is 0 Å². The summed E-state index contributed by atoms with van der Waals surface area (Å²) in [6.07, 6.45) is 2.75. The number of thioether (sulfide) groups is 1. The largest absolute Gasteiger partial charge is 0.473 e. The molecule has 122 valence electrons. The summed E-state index contributed by atoms with van der Waals surface area (Å²) >= 11 is 1.86. The van der Waals surface area contributed by atoms with Crippen LogP contribution in [-0.2, 0) is 13.2 Å². The molecule has 0 spiro atoms. The predicted molar refractivity (Wildman–Crippen MR) is 86.4 cm³/mol. The standard InChI is InChI=1S/C16H18N2O4S/c19-9-13-2-1-12(21-13)8-18-16(20)11-3-5-17-15(7-11)22-14-4-6-23-10-14/h1-3,5,7,14,19H,4,6,8-10H2,(H,18,20). The fraction of sp³-hybridized carbons (Fsp3) is 0.375. The van der Waals surface area contributed by atoms with Crippen LogP contribution in [0, 0.1) is 0 Å². The summed E-state index contributed by atoms with van der Waals surface area (Å²) < 4.78 is 11.1. The van der Waals surface area contributed by atoms with Gasteiger partial charge in [0.2, 0.25) is 5.88 Å². The van der Waals surface area contributed by atoms with Crippen molar-refractivity contribution in [1.82, 2.24) is 10.3 Å². The summed E-state index contributed by atoms with van der Waals surface area (Å²) in [4.78, 5) is 16.4. The van der Waals surface area contributed by atoms with Crippen LogP contribution in [0.5, 0.6) is 5.88 Å². The molecule has 0 saturated carbocycles. The van der Waals surface area contributed by atoms with Crippen LogP contribution in [0.2, 0.25) is 0 Å². The zero-order valence-electron chi connectivity index (χ0n) is 12.5. The fourth-order valence-electron chi connectivity index (χ4n) is 2.26. The van der Waals surface area contributed by atoms with Gasteiger partial charge in [-0.2, -0.15) is 11.8 Å². The third-order valence-electron chi connectivity index (χ3n) is 3.47. The monoisotopic (exact) mass is 334 g/mol. The SMILES string of the molecule is O=C(NCc1ccc(CO)o1)c1ccnc(OC2CCSC2)c1. The van der Waals surface area contributed by atoms with Crippen molar-refractivity contribution in [2.45, 2.75) is 25.7 Å². The second-order valence-electron chi connectivity index (χ2n) is 5.20. The third kappa shape index (κ3) is 4.27. The summed E-state index contributed by atoms with van der Waals surface area (Å²) in [6, 6.07) is 6.71. The molecule has 2 aromatic rings. The number of aliphatic hydroxyl groups excluding tert-OH is 1. The summed E-state index contributed by atoms with van der Waals surface area (Å²) in [5.41, 5.74) is 0.495. The highest BCUT2D eigenvalue weighted by molar-refractivity contribution is 7.99. The molecule has 6 nitrogen and oxygen atoms in total. The maximum absolute atomic E-state index is 12.2. The van der Waals surface area contributed by atoms with Gasteiger partial charge in [-0.25, -0.2) is 4.98 Å². The Morgan fingerprint density at radius 2 is 2.30 bits per heavy atom. The average Bonchev–Trinajstić information content (AvgIpc) is 3.24. The number of amides is 1. The highest BCUT2D eigenvalue weighted by Gasteiger charge is 2.18. The molecule has 0 aromatic carbocycles. The highest BCUT2D eigenvalue weighted by atomic mass is 32.2. The Bertz CT molecular complexity index is 668. The lowest BCUT2D eigenvalue weighted by Gasteiger charge is -2.12. The molecule has 0 bridgehead atoms. The van der Waals surface area contributed by atoms with Crippen LogP contribution < -0.4 is 10.1 Å². The van der Waals surface area contributed by atoms with Crippen molar-refractivity contribution in [2.24, 2.45) is 0 Å². The van der Waals surface area contributed by atoms with E-state index in [0.29, 0.717) is 23.0 Å². The fourth-order valence-corrected chi connectivity index (χ4v) is 3.36. The number of pyridine rings is 1. The Labute approximate surface area is 138 Å². The van der Waals surface area contributed by atoms with Gasteiger partial charge < -0.3 is 19.6 Å². The van der Waals surface area contributed by atoms with Crippen LogP contribution in [0.25, 0.3) is 0 Å². The van der Waals surface area contributed by atoms with E-state index < -0.39 is 0 Å². The van der Waals surface area contributed by atoms with Crippen LogP contribution in [-0.4, -0.2) is 33.6 Å². The van der Waals surface area contributed by atoms with Gasteiger partial charge >= 0.3 is 0 Å². The van der Waals surface area contributed by atoms with Crippen molar-refractivity contribution < 1.29 is 19.1 Å². The number of aliphatic hydroxyl groups is 1. The molecule has 7 heteroatoms. The maximum Gasteiger partial charge on any atom is 0.251 e. The highest BCUT2D eigenvalue weighted by Crippen LogP contribution is 2.22. The number of hydrogen-bond donors (Lipinski definition) is 2. The summed E-state index contributed by atoms with van der Waals surface area (Å²) in [5, 5.41) is 11.7. The second-order valence-corrected chi connectivity index (χ2v) is 6.34. The van der Waals surface area contributed by atoms with E-state index in [0.717, 1.165) is 17.9 Å². The molecule has 23 heavy (non-hydrogen) atoms. The van der Waals surface area contributed by atoms with E-state index in [4.69, 9.17) is 14.3 Å². The summed E-state index contributed by atoms with van der Waals surface area (Å²) in [7, 11) is 0. The van der Waals surface area contributed by atoms with E-state index >= 15 is 0 Å². The first-order valence-electron chi connectivity index (χ1n) is 7.41. The quantitative estimate of drug-likeness (QED) is 0.840. The minimum Gasteiger partial charge on any atom is -0.473 e. The molecule has 2 aromatic heterocycles. The zero-order chi connectivity index (χ0) is 16.1. The van der Waals surface area contributed by atoms with Gasteiger partial charge in [0.1, 0.15) is 24.2 Å². The van der Waals surface area contributed by atoms with Gasteiger partial charge in [0.25, 0.3) is 5.91 Å². The number of carbonyl (C=O) groups excluding carboxylic acids is 1. The lowest BCUT2D eigenvalue weighted by molar-refractivity contribution is 0.0946. The number of hydrogen-bond acceptors (Lipinski definition) is 6. The molecule has 1 aliphatic heterocycles. The Balaban J connectivity index is 1.57. The number of rotatable bonds is 6. The van der Waals surface area contributed by atoms with Crippen molar-refractivity contribution in [2.75, 3.05) is 11.5 Å². The second kappa shape index (κ2) is 7.52. The molecule has 0 radical (unpaired) electrons. The molecule has 0 aliphatic carbocycles. The van der Waals surface area contributed by atoms with Gasteiger partial charge in [0.05, 0.1) is 6.54 Å². The van der Waals surface area contributed by atoms with Crippen molar-refractivity contribution in [3.8, 4) is 5.88 Å². The van der Waals surface area contributed by atoms with E-state index in [2.05, 4.69) is 10.3 Å². The topological polar surface area (TPSA) is 84.6 Å². The molecular formula is C16H18N2O4S. The molecular weight excluding hydrogens is 316 g/mol. The van der Waals surface area contributed by atoms with Gasteiger partial charge in [0, 0.05) is 23.6 Å². The molecule has 1 unspecified atom stereocenters. The summed E-state index contributed by atoms with van der Waals surface area (Å²) in [6.45, 7) is 0.106. The van der Waals surface area contributed by atoms with Crippen LogP contribution in [0.3, 0.4) is 0 Å². The van der Waals surface area contributed by atoms with Gasteiger partial charge in [-0.05, 0) is 30.4 Å². The van der Waals surface area contributed by atoms with Crippen molar-refractivity contribution in [1.29, 1.82) is 0 Å². The molecule has 3 rings (SSSR count). The summed E-state index contributed by atoms with van der Waals surface area (Å²) in [5.74, 6) is 3.39. The van der Waals surface area contributed by atoms with E-state index in [9.17, 15) is 4.79 Å². The molecule has 1 fully saturated rings. The maximum atomic E-state index is 12.2. The zero-order valence-corrected chi connectivity index (χ0v) is 13.3. The van der Waals surface area contributed by atoms with Gasteiger partial charge in [-0.3, -0.25) is 4.79 Å². The van der Waals surface area contributed by atoms with Crippen molar-refractivity contribution in [3.63, 3.8) is 0 Å². The van der Waals surface area contributed by atoms with Gasteiger partial charge in [-0.1, -0.05) is 0 Å². The Morgan fingerprint density at radius 1 is 1.43 bits per heavy atom. The molecule has 3 heterocycles. The van der Waals surface area contributed by atoms with E-state index in [1.165, 1.54) is 0 Å². The first-order valence-corrected chi connectivity index (χ1v) is 8.57. The Morgan fingerprint density at radius 3 is 3.04 bits per heavy atom. The van der Waals surface area contributed by atoms with E-state index in [1.54, 1.807) is 30.5 Å². The van der Waals surface area contributed by atoms with E-state index in [-0.39, 0.29) is 25.2 Å². The number of nitrogens with zero attached hydrogens (tertiary/aromatic N) is 1. The van der Waals surface area contributed by atoms with Crippen LogP contribution >= 0.6 is 11.8 Å². The molecule has 2 N–H and O–H groups in total. The van der Waals surface area contributed by atoms with Gasteiger partial charge in [0.15, 0.2) is 0 Å². The van der Waals surface area contributed by atoms with Crippen LogP contribution in [0.4, 0.5) is 0 Å². The van der Waals surface area contributed by atoms with Crippen LogP contribution in [0.1, 0.15) is 28.3 Å². The average molecular weight is 334 g/mol. The normalized spacial score (nSPS) is 17.2. The number of nitrogens with one attached hydrogen (secondary N) is 1. The Hall–Kier alpha value is -1.99. The Kier molecular flexibility index (Phi) is 5.19. The van der Waals surface area contributed by atoms with Crippen molar-refractivity contribution >= 4 is 17.7 Å². The molecule has 1 aliphatic rings. The smallest absolute Gasteiger partial charge is 0.251 e. The first-order chi connectivity index (χ1) is 11.2. The molecule has 1 amide bonds. The van der Waals surface area contributed by atoms with Crippen molar-refractivity contribution in [3.05, 3.63) is 47.5 Å². The number of carbonyl (C=O) groups is 1. The molecule has 1 saturated heterocycles.